The number of nitrogens with zero attached hydrogens (tertiary/aromatic N) is 2. The molecule has 0 saturated carbocycles. The van der Waals surface area contributed by atoms with E-state index in [0.29, 0.717) is 22.9 Å². The molecule has 0 fully saturated rings. The molecular formula is C19H16ClN3O2. The van der Waals surface area contributed by atoms with Gasteiger partial charge in [-0.25, -0.2) is 0 Å². The minimum absolute atomic E-state index is 0.147. The number of carbonyl (C=O) groups is 1. The third kappa shape index (κ3) is 2.98. The molecule has 1 aromatic heterocycles. The van der Waals surface area contributed by atoms with Gasteiger partial charge < -0.3 is 9.64 Å². The van der Waals surface area contributed by atoms with Gasteiger partial charge in [-0.1, -0.05) is 17.7 Å². The normalized spacial score (nSPS) is 13.7. The van der Waals surface area contributed by atoms with E-state index in [1.165, 1.54) is 0 Å². The van der Waals surface area contributed by atoms with Crippen molar-refractivity contribution in [3.05, 3.63) is 59.2 Å². The highest BCUT2D eigenvalue weighted by Crippen LogP contribution is 2.35. The van der Waals surface area contributed by atoms with Gasteiger partial charge in [-0.05, 0) is 48.4 Å². The highest BCUT2D eigenvalue weighted by atomic mass is 35.5. The first-order chi connectivity index (χ1) is 12.1. The number of amides is 1. The standard InChI is InChI=1S/C19H16ClN3O2/c1-23-16-8-2-13(10-12(16)3-9-18(23)24)19-17(11-21-22-19)25-15-6-4-14(20)5-7-15/h2,4-8,10-11H,3,9H2,1H3,(H,21,22). The summed E-state index contributed by atoms with van der Waals surface area (Å²) >= 11 is 5.91. The van der Waals surface area contributed by atoms with Crippen LogP contribution in [-0.2, 0) is 11.2 Å². The molecule has 0 radical (unpaired) electrons. The van der Waals surface area contributed by atoms with E-state index in [2.05, 4.69) is 16.3 Å². The van der Waals surface area contributed by atoms with Crippen LogP contribution in [0.15, 0.2) is 48.7 Å². The van der Waals surface area contributed by atoms with Crippen molar-refractivity contribution in [2.45, 2.75) is 12.8 Å². The minimum Gasteiger partial charge on any atom is -0.453 e. The molecule has 1 aliphatic heterocycles. The van der Waals surface area contributed by atoms with Crippen LogP contribution < -0.4 is 9.64 Å². The molecule has 0 bridgehead atoms. The van der Waals surface area contributed by atoms with Crippen LogP contribution in [0.3, 0.4) is 0 Å². The van der Waals surface area contributed by atoms with Crippen molar-refractivity contribution >= 4 is 23.2 Å². The van der Waals surface area contributed by atoms with Crippen LogP contribution in [0.4, 0.5) is 5.69 Å². The lowest BCUT2D eigenvalue weighted by Gasteiger charge is -2.26. The summed E-state index contributed by atoms with van der Waals surface area (Å²) in [5, 5.41) is 7.77. The molecule has 2 aromatic carbocycles. The number of nitrogens with one attached hydrogen (secondary N) is 1. The van der Waals surface area contributed by atoms with Crippen LogP contribution in [0.1, 0.15) is 12.0 Å². The minimum atomic E-state index is 0.147. The van der Waals surface area contributed by atoms with Gasteiger partial charge in [0, 0.05) is 29.7 Å². The number of benzene rings is 2. The summed E-state index contributed by atoms with van der Waals surface area (Å²) in [5.41, 5.74) is 3.88. The fourth-order valence-electron chi connectivity index (χ4n) is 3.00. The van der Waals surface area contributed by atoms with Gasteiger partial charge in [0.25, 0.3) is 0 Å². The van der Waals surface area contributed by atoms with E-state index in [0.717, 1.165) is 28.9 Å². The van der Waals surface area contributed by atoms with E-state index in [-0.39, 0.29) is 5.91 Å². The number of hydrogen-bond acceptors (Lipinski definition) is 3. The summed E-state index contributed by atoms with van der Waals surface area (Å²) in [7, 11) is 1.81. The largest absolute Gasteiger partial charge is 0.453 e. The Balaban J connectivity index is 1.66. The number of H-pyrrole nitrogens is 1. The van der Waals surface area contributed by atoms with Crippen LogP contribution in [0.25, 0.3) is 11.3 Å². The molecule has 1 amide bonds. The zero-order chi connectivity index (χ0) is 17.4. The Labute approximate surface area is 150 Å². The van der Waals surface area contributed by atoms with E-state index < -0.39 is 0 Å². The number of rotatable bonds is 3. The van der Waals surface area contributed by atoms with Crippen molar-refractivity contribution in [3.63, 3.8) is 0 Å². The molecule has 6 heteroatoms. The van der Waals surface area contributed by atoms with Gasteiger partial charge in [0.15, 0.2) is 5.75 Å². The van der Waals surface area contributed by atoms with Crippen molar-refractivity contribution in [3.8, 4) is 22.8 Å². The first-order valence-electron chi connectivity index (χ1n) is 7.98. The number of aryl methyl sites for hydroxylation is 1. The fourth-order valence-corrected chi connectivity index (χ4v) is 3.13. The average molecular weight is 354 g/mol. The Morgan fingerprint density at radius 2 is 1.96 bits per heavy atom. The molecule has 25 heavy (non-hydrogen) atoms. The van der Waals surface area contributed by atoms with Gasteiger partial charge in [-0.15, -0.1) is 0 Å². The maximum absolute atomic E-state index is 11.8. The lowest BCUT2D eigenvalue weighted by Crippen LogP contribution is -2.30. The van der Waals surface area contributed by atoms with E-state index >= 15 is 0 Å². The summed E-state index contributed by atoms with van der Waals surface area (Å²) in [5.74, 6) is 1.48. The third-order valence-corrected chi connectivity index (χ3v) is 4.61. The summed E-state index contributed by atoms with van der Waals surface area (Å²) < 4.78 is 5.92. The highest BCUT2D eigenvalue weighted by Gasteiger charge is 2.22. The van der Waals surface area contributed by atoms with E-state index in [4.69, 9.17) is 16.3 Å². The average Bonchev–Trinajstić information content (AvgIpc) is 3.08. The lowest BCUT2D eigenvalue weighted by molar-refractivity contribution is -0.118. The molecule has 0 spiro atoms. The van der Waals surface area contributed by atoms with Crippen molar-refractivity contribution in [2.24, 2.45) is 0 Å². The van der Waals surface area contributed by atoms with Gasteiger partial charge in [0.1, 0.15) is 11.4 Å². The fraction of sp³-hybridized carbons (Fsp3) is 0.158. The number of hydrogen-bond donors (Lipinski definition) is 1. The second-order valence-electron chi connectivity index (χ2n) is 5.96. The van der Waals surface area contributed by atoms with Gasteiger partial charge in [-0.3, -0.25) is 9.89 Å². The Morgan fingerprint density at radius 1 is 1.16 bits per heavy atom. The van der Waals surface area contributed by atoms with E-state index in [9.17, 15) is 4.79 Å². The van der Waals surface area contributed by atoms with Crippen LogP contribution in [0, 0.1) is 0 Å². The number of ether oxygens (including phenoxy) is 1. The summed E-state index contributed by atoms with van der Waals surface area (Å²) in [4.78, 5) is 13.5. The number of fused-ring (bicyclic) bond motifs is 1. The molecular weight excluding hydrogens is 338 g/mol. The van der Waals surface area contributed by atoms with E-state index in [1.807, 2.05) is 31.3 Å². The third-order valence-electron chi connectivity index (χ3n) is 4.36. The second-order valence-corrected chi connectivity index (χ2v) is 6.40. The first kappa shape index (κ1) is 15.7. The van der Waals surface area contributed by atoms with Crippen LogP contribution >= 0.6 is 11.6 Å². The molecule has 1 N–H and O–H groups in total. The molecule has 1 aliphatic rings. The number of aromatic nitrogens is 2. The second kappa shape index (κ2) is 6.26. The van der Waals surface area contributed by atoms with Crippen LogP contribution in [-0.4, -0.2) is 23.2 Å². The molecule has 126 valence electrons. The SMILES string of the molecule is CN1C(=O)CCc2cc(-c3[nH]ncc3Oc3ccc(Cl)cc3)ccc21. The monoisotopic (exact) mass is 353 g/mol. The number of halogens is 1. The molecule has 4 rings (SSSR count). The van der Waals surface area contributed by atoms with Crippen molar-refractivity contribution < 1.29 is 9.53 Å². The van der Waals surface area contributed by atoms with Crippen LogP contribution in [0.2, 0.25) is 5.02 Å². The quantitative estimate of drug-likeness (QED) is 0.757. The first-order valence-corrected chi connectivity index (χ1v) is 8.36. The molecule has 0 aliphatic carbocycles. The van der Waals surface area contributed by atoms with Crippen LogP contribution in [0.5, 0.6) is 11.5 Å². The summed E-state index contributed by atoms with van der Waals surface area (Å²) in [6.07, 6.45) is 2.93. The predicted molar refractivity (Wildman–Crippen MR) is 97.3 cm³/mol. The zero-order valence-corrected chi connectivity index (χ0v) is 14.4. The molecule has 2 heterocycles. The number of aromatic amines is 1. The maximum atomic E-state index is 11.8. The highest BCUT2D eigenvalue weighted by molar-refractivity contribution is 6.30. The van der Waals surface area contributed by atoms with Crippen molar-refractivity contribution in [1.29, 1.82) is 0 Å². The Kier molecular flexibility index (Phi) is 3.93. The zero-order valence-electron chi connectivity index (χ0n) is 13.6. The Hall–Kier alpha value is -2.79. The molecule has 3 aromatic rings. The summed E-state index contributed by atoms with van der Waals surface area (Å²) in [6.45, 7) is 0. The van der Waals surface area contributed by atoms with Gasteiger partial charge in [-0.2, -0.15) is 5.10 Å². The van der Waals surface area contributed by atoms with Gasteiger partial charge in [0.2, 0.25) is 5.91 Å². The predicted octanol–water partition coefficient (Wildman–Crippen LogP) is 4.43. The maximum Gasteiger partial charge on any atom is 0.227 e. The Bertz CT molecular complexity index is 934. The smallest absolute Gasteiger partial charge is 0.227 e. The summed E-state index contributed by atoms with van der Waals surface area (Å²) in [6, 6.07) is 13.2. The van der Waals surface area contributed by atoms with E-state index in [1.54, 1.807) is 23.2 Å². The molecule has 5 nitrogen and oxygen atoms in total. The van der Waals surface area contributed by atoms with Gasteiger partial charge in [0.05, 0.1) is 6.20 Å². The molecule has 0 saturated heterocycles. The number of carbonyl (C=O) groups excluding carboxylic acids is 1. The van der Waals surface area contributed by atoms with Crippen molar-refractivity contribution in [1.82, 2.24) is 10.2 Å². The van der Waals surface area contributed by atoms with Gasteiger partial charge >= 0.3 is 0 Å². The lowest BCUT2D eigenvalue weighted by atomic mass is 9.98. The number of anilines is 1. The topological polar surface area (TPSA) is 58.2 Å². The molecule has 0 atom stereocenters. The molecule has 0 unspecified atom stereocenters. The Morgan fingerprint density at radius 3 is 2.76 bits per heavy atom. The van der Waals surface area contributed by atoms with Crippen molar-refractivity contribution in [2.75, 3.05) is 11.9 Å².